The zero-order valence-electron chi connectivity index (χ0n) is 20.6. The highest BCUT2D eigenvalue weighted by Crippen LogP contribution is 2.45. The van der Waals surface area contributed by atoms with Crippen LogP contribution in [0.3, 0.4) is 0 Å². The van der Waals surface area contributed by atoms with E-state index in [1.807, 2.05) is 6.92 Å². The molecule has 3 aliphatic rings. The summed E-state index contributed by atoms with van der Waals surface area (Å²) in [6.07, 6.45) is 0.467. The van der Waals surface area contributed by atoms with Crippen LogP contribution in [0.15, 0.2) is 74.0 Å². The number of nitrogens with zero attached hydrogens (tertiary/aromatic N) is 2. The van der Waals surface area contributed by atoms with E-state index in [-0.39, 0.29) is 32.5 Å². The van der Waals surface area contributed by atoms with Gasteiger partial charge in [0, 0.05) is 42.1 Å². The lowest BCUT2D eigenvalue weighted by Crippen LogP contribution is -2.41. The summed E-state index contributed by atoms with van der Waals surface area (Å²) in [5.74, 6) is -0.394. The molecule has 0 radical (unpaired) electrons. The average Bonchev–Trinajstić information content (AvgIpc) is 3.50. The molecule has 204 valence electrons. The number of carbonyl (C=O) groups is 1. The predicted molar refractivity (Wildman–Crippen MR) is 142 cm³/mol. The number of benzene rings is 1. The van der Waals surface area contributed by atoms with Crippen LogP contribution >= 0.6 is 23.4 Å². The van der Waals surface area contributed by atoms with Crippen molar-refractivity contribution in [1.29, 1.82) is 0 Å². The van der Waals surface area contributed by atoms with E-state index in [1.54, 1.807) is 23.9 Å². The first-order valence-electron chi connectivity index (χ1n) is 11.9. The van der Waals surface area contributed by atoms with Crippen LogP contribution in [0.4, 0.5) is 23.2 Å². The molecule has 1 saturated heterocycles. The summed E-state index contributed by atoms with van der Waals surface area (Å²) in [6, 6.07) is 2.20. The van der Waals surface area contributed by atoms with Gasteiger partial charge in [0.25, 0.3) is 5.56 Å². The predicted octanol–water partition coefficient (Wildman–Crippen LogP) is 4.46. The summed E-state index contributed by atoms with van der Waals surface area (Å²) in [5.41, 5.74) is -1.28. The normalized spacial score (nSPS) is 19.2. The van der Waals surface area contributed by atoms with Crippen molar-refractivity contribution in [3.63, 3.8) is 0 Å². The van der Waals surface area contributed by atoms with Gasteiger partial charge in [-0.25, -0.2) is 13.8 Å². The van der Waals surface area contributed by atoms with Crippen LogP contribution < -0.4 is 21.9 Å². The summed E-state index contributed by atoms with van der Waals surface area (Å²) in [5, 5.41) is 6.33. The van der Waals surface area contributed by atoms with E-state index in [2.05, 4.69) is 10.6 Å². The fraction of sp³-hybridized carbons (Fsp3) is 0.269. The SMILES string of the molecule is CCC1=C2C(=O)C=CC=C2C(Nc2cc(-n3c(=O)cc(C(F)(F)F)n(C)c3=O)c(F)cc2Cl)=C1C1NCCS1. The maximum atomic E-state index is 15.1. The molecule has 0 spiro atoms. The third-order valence-corrected chi connectivity index (χ3v) is 8.16. The Morgan fingerprint density at radius 2 is 1.95 bits per heavy atom. The number of anilines is 1. The molecular formula is C26H21ClF4N4O3S. The Labute approximate surface area is 228 Å². The molecular weight excluding hydrogens is 560 g/mol. The number of fused-ring (bicyclic) bond motifs is 1. The Morgan fingerprint density at radius 3 is 2.59 bits per heavy atom. The fourth-order valence-corrected chi connectivity index (χ4v) is 6.27. The van der Waals surface area contributed by atoms with E-state index >= 15 is 4.39 Å². The summed E-state index contributed by atoms with van der Waals surface area (Å²) in [7, 11) is 0.843. The second-order valence-electron chi connectivity index (χ2n) is 8.96. The maximum absolute atomic E-state index is 15.1. The summed E-state index contributed by atoms with van der Waals surface area (Å²) in [6.45, 7) is 2.69. The number of hydrogen-bond acceptors (Lipinski definition) is 6. The molecule has 7 nitrogen and oxygen atoms in total. The molecule has 39 heavy (non-hydrogen) atoms. The van der Waals surface area contributed by atoms with Crippen molar-refractivity contribution in [3.8, 4) is 5.69 Å². The van der Waals surface area contributed by atoms with E-state index in [9.17, 15) is 27.6 Å². The van der Waals surface area contributed by atoms with Crippen LogP contribution in [0.2, 0.25) is 5.02 Å². The minimum Gasteiger partial charge on any atom is -0.353 e. The Hall–Kier alpha value is -3.35. The van der Waals surface area contributed by atoms with Crippen molar-refractivity contribution in [2.45, 2.75) is 24.9 Å². The second kappa shape index (κ2) is 10.00. The first-order valence-corrected chi connectivity index (χ1v) is 13.3. The lowest BCUT2D eigenvalue weighted by molar-refractivity contribution is -0.144. The number of aromatic nitrogens is 2. The Kier molecular flexibility index (Phi) is 6.98. The number of allylic oxidation sites excluding steroid dienone is 4. The molecule has 5 rings (SSSR count). The maximum Gasteiger partial charge on any atom is 0.431 e. The van der Waals surface area contributed by atoms with Gasteiger partial charge < -0.3 is 10.6 Å². The standard InChI is InChI=1S/C26H21ClF4N4O3S/c1-3-12-21-13(5-4-6-18(21)36)23(22(12)24-32-7-8-39-24)33-16-10-17(15(28)9-14(16)27)35-20(37)11-19(26(29,30)31)34(2)25(35)38/h4-6,9-11,24,32-33H,3,7-8H2,1-2H3. The molecule has 2 aromatic rings. The molecule has 2 aliphatic carbocycles. The van der Waals surface area contributed by atoms with Crippen molar-refractivity contribution in [3.05, 3.63) is 102 Å². The third-order valence-electron chi connectivity index (χ3n) is 6.67. The summed E-state index contributed by atoms with van der Waals surface area (Å²) >= 11 is 8.02. The van der Waals surface area contributed by atoms with Gasteiger partial charge in [0.1, 0.15) is 11.5 Å². The van der Waals surface area contributed by atoms with Crippen LogP contribution in [0.5, 0.6) is 0 Å². The van der Waals surface area contributed by atoms with Crippen LogP contribution in [0.25, 0.3) is 5.69 Å². The molecule has 13 heteroatoms. The fourth-order valence-electron chi connectivity index (χ4n) is 4.94. The van der Waals surface area contributed by atoms with Crippen LogP contribution in [0, 0.1) is 5.82 Å². The van der Waals surface area contributed by atoms with E-state index in [0.29, 0.717) is 27.8 Å². The first-order chi connectivity index (χ1) is 18.4. The zero-order valence-corrected chi connectivity index (χ0v) is 22.2. The topological polar surface area (TPSA) is 85.1 Å². The van der Waals surface area contributed by atoms with Gasteiger partial charge in [-0.3, -0.25) is 14.2 Å². The first kappa shape index (κ1) is 27.2. The van der Waals surface area contributed by atoms with Gasteiger partial charge in [0.05, 0.1) is 27.5 Å². The number of nitrogens with one attached hydrogen (secondary N) is 2. The molecule has 2 N–H and O–H groups in total. The van der Waals surface area contributed by atoms with Crippen molar-refractivity contribution in [1.82, 2.24) is 14.5 Å². The summed E-state index contributed by atoms with van der Waals surface area (Å²) in [4.78, 5) is 38.3. The van der Waals surface area contributed by atoms with Gasteiger partial charge >= 0.3 is 11.9 Å². The molecule has 0 amide bonds. The highest BCUT2D eigenvalue weighted by Gasteiger charge is 2.38. The number of hydrogen-bond donors (Lipinski definition) is 2. The van der Waals surface area contributed by atoms with E-state index in [1.165, 1.54) is 6.08 Å². The smallest absolute Gasteiger partial charge is 0.353 e. The van der Waals surface area contributed by atoms with Crippen molar-refractivity contribution >= 4 is 34.8 Å². The van der Waals surface area contributed by atoms with Gasteiger partial charge in [-0.2, -0.15) is 13.2 Å². The monoisotopic (exact) mass is 580 g/mol. The van der Waals surface area contributed by atoms with E-state index in [4.69, 9.17) is 11.6 Å². The van der Waals surface area contributed by atoms with Gasteiger partial charge in [0.2, 0.25) is 0 Å². The number of carbonyl (C=O) groups excluding carboxylic acids is 1. The van der Waals surface area contributed by atoms with Crippen molar-refractivity contribution in [2.75, 3.05) is 17.6 Å². The number of rotatable bonds is 5. The second-order valence-corrected chi connectivity index (χ2v) is 10.6. The molecule has 1 atom stereocenters. The molecule has 0 saturated carbocycles. The van der Waals surface area contributed by atoms with Gasteiger partial charge in [-0.1, -0.05) is 30.7 Å². The van der Waals surface area contributed by atoms with Crippen molar-refractivity contribution < 1.29 is 22.4 Å². The van der Waals surface area contributed by atoms with Crippen LogP contribution in [-0.2, 0) is 18.0 Å². The largest absolute Gasteiger partial charge is 0.431 e. The zero-order chi connectivity index (χ0) is 28.2. The number of thioether (sulfide) groups is 1. The Balaban J connectivity index is 1.67. The van der Waals surface area contributed by atoms with Gasteiger partial charge in [-0.15, -0.1) is 11.8 Å². The highest BCUT2D eigenvalue weighted by atomic mass is 35.5. The van der Waals surface area contributed by atoms with E-state index < -0.39 is 34.6 Å². The number of halogens is 5. The number of alkyl halides is 3. The number of ketones is 1. The third kappa shape index (κ3) is 4.60. The van der Waals surface area contributed by atoms with Crippen LogP contribution in [-0.4, -0.2) is 32.6 Å². The molecule has 2 heterocycles. The van der Waals surface area contributed by atoms with Crippen LogP contribution in [0.1, 0.15) is 19.0 Å². The Bertz CT molecular complexity index is 1660. The molecule has 1 fully saturated rings. The minimum atomic E-state index is -4.96. The van der Waals surface area contributed by atoms with Gasteiger partial charge in [-0.05, 0) is 30.2 Å². The lowest BCUT2D eigenvalue weighted by Gasteiger charge is -2.20. The quantitative estimate of drug-likeness (QED) is 0.508. The minimum absolute atomic E-state index is 0.0945. The molecule has 1 aromatic carbocycles. The molecule has 1 aliphatic heterocycles. The van der Waals surface area contributed by atoms with Crippen molar-refractivity contribution in [2.24, 2.45) is 7.05 Å². The lowest BCUT2D eigenvalue weighted by atomic mass is 9.95. The average molecular weight is 581 g/mol. The highest BCUT2D eigenvalue weighted by molar-refractivity contribution is 8.00. The van der Waals surface area contributed by atoms with E-state index in [0.717, 1.165) is 42.6 Å². The molecule has 1 aromatic heterocycles. The molecule has 1 unspecified atom stereocenters. The molecule has 0 bridgehead atoms. The summed E-state index contributed by atoms with van der Waals surface area (Å²) < 4.78 is 55.5. The van der Waals surface area contributed by atoms with Gasteiger partial charge in [0.15, 0.2) is 5.78 Å². The Morgan fingerprint density at radius 1 is 1.21 bits per heavy atom.